The molecular weight excluding hydrogens is 272 g/mol. The lowest BCUT2D eigenvalue weighted by Gasteiger charge is -2.27. The Bertz CT molecular complexity index is 634. The Kier molecular flexibility index (Phi) is 3.64. The summed E-state index contributed by atoms with van der Waals surface area (Å²) in [4.78, 5) is 18.2. The van der Waals surface area contributed by atoms with E-state index in [2.05, 4.69) is 14.7 Å². The minimum atomic E-state index is -0.178. The molecule has 0 spiro atoms. The van der Waals surface area contributed by atoms with Gasteiger partial charge in [-0.3, -0.25) is 4.79 Å². The van der Waals surface area contributed by atoms with Gasteiger partial charge in [0.2, 0.25) is 5.76 Å². The highest BCUT2D eigenvalue weighted by Crippen LogP contribution is 2.20. The number of imidazole rings is 1. The van der Waals surface area contributed by atoms with Crippen LogP contribution in [0.2, 0.25) is 0 Å². The normalized spacial score (nSPS) is 17.3. The summed E-state index contributed by atoms with van der Waals surface area (Å²) in [7, 11) is 3.27. The van der Waals surface area contributed by atoms with Crippen LogP contribution in [0.15, 0.2) is 23.0 Å². The lowest BCUT2D eigenvalue weighted by molar-refractivity contribution is 0.0719. The monoisotopic (exact) mass is 290 g/mol. The molecule has 7 heteroatoms. The van der Waals surface area contributed by atoms with Gasteiger partial charge < -0.3 is 18.7 Å². The van der Waals surface area contributed by atoms with Crippen molar-refractivity contribution in [2.45, 2.75) is 19.4 Å². The molecule has 0 aromatic carbocycles. The SMILES string of the molecule is COc1cc(C(=O)N(C)C[C@H]2CCc3nccn3C2)on1. The third-order valence-electron chi connectivity index (χ3n) is 3.82. The highest BCUT2D eigenvalue weighted by Gasteiger charge is 2.24. The number of nitrogens with zero attached hydrogens (tertiary/aromatic N) is 4. The molecule has 0 saturated heterocycles. The number of carbonyl (C=O) groups excluding carboxylic acids is 1. The van der Waals surface area contributed by atoms with E-state index in [1.807, 2.05) is 12.4 Å². The molecule has 2 aromatic heterocycles. The van der Waals surface area contributed by atoms with Crippen LogP contribution >= 0.6 is 0 Å². The van der Waals surface area contributed by atoms with Crippen molar-refractivity contribution in [3.63, 3.8) is 0 Å². The zero-order valence-electron chi connectivity index (χ0n) is 12.2. The summed E-state index contributed by atoms with van der Waals surface area (Å²) < 4.78 is 12.1. The maximum atomic E-state index is 12.3. The Labute approximate surface area is 122 Å². The van der Waals surface area contributed by atoms with Crippen LogP contribution in [0.5, 0.6) is 5.88 Å². The first-order valence-corrected chi connectivity index (χ1v) is 6.93. The van der Waals surface area contributed by atoms with Crippen LogP contribution < -0.4 is 4.74 Å². The number of hydrogen-bond acceptors (Lipinski definition) is 5. The first-order chi connectivity index (χ1) is 10.2. The molecule has 1 aliphatic heterocycles. The summed E-state index contributed by atoms with van der Waals surface area (Å²) >= 11 is 0. The van der Waals surface area contributed by atoms with Gasteiger partial charge in [-0.25, -0.2) is 4.98 Å². The molecule has 0 saturated carbocycles. The predicted octanol–water partition coefficient (Wildman–Crippen LogP) is 1.21. The fourth-order valence-corrected chi connectivity index (χ4v) is 2.70. The molecule has 0 radical (unpaired) electrons. The van der Waals surface area contributed by atoms with Crippen LogP contribution in [0.4, 0.5) is 0 Å². The third kappa shape index (κ3) is 2.76. The number of aromatic nitrogens is 3. The second-order valence-electron chi connectivity index (χ2n) is 5.32. The van der Waals surface area contributed by atoms with E-state index in [4.69, 9.17) is 9.26 Å². The topological polar surface area (TPSA) is 73.4 Å². The van der Waals surface area contributed by atoms with Gasteiger partial charge in [0, 0.05) is 39.0 Å². The summed E-state index contributed by atoms with van der Waals surface area (Å²) in [6, 6.07) is 1.51. The molecule has 0 fully saturated rings. The zero-order valence-corrected chi connectivity index (χ0v) is 12.2. The van der Waals surface area contributed by atoms with Gasteiger partial charge in [-0.15, -0.1) is 0 Å². The fraction of sp³-hybridized carbons (Fsp3) is 0.500. The molecule has 112 valence electrons. The molecular formula is C14H18N4O3. The van der Waals surface area contributed by atoms with Crippen molar-refractivity contribution >= 4 is 5.91 Å². The molecule has 0 unspecified atom stereocenters. The second-order valence-corrected chi connectivity index (χ2v) is 5.32. The number of ether oxygens (including phenoxy) is 1. The van der Waals surface area contributed by atoms with Crippen molar-refractivity contribution in [3.8, 4) is 5.88 Å². The van der Waals surface area contributed by atoms with Crippen molar-refractivity contribution < 1.29 is 14.1 Å². The summed E-state index contributed by atoms with van der Waals surface area (Å²) in [5.41, 5.74) is 0. The van der Waals surface area contributed by atoms with Crippen LogP contribution in [0.25, 0.3) is 0 Å². The first-order valence-electron chi connectivity index (χ1n) is 6.93. The number of hydrogen-bond donors (Lipinski definition) is 0. The van der Waals surface area contributed by atoms with Gasteiger partial charge in [-0.05, 0) is 17.5 Å². The average molecular weight is 290 g/mol. The molecule has 7 nitrogen and oxygen atoms in total. The largest absolute Gasteiger partial charge is 0.479 e. The Morgan fingerprint density at radius 3 is 3.24 bits per heavy atom. The molecule has 1 amide bonds. The van der Waals surface area contributed by atoms with Gasteiger partial charge in [0.05, 0.1) is 13.2 Å². The quantitative estimate of drug-likeness (QED) is 0.846. The molecule has 0 aliphatic carbocycles. The first kappa shape index (κ1) is 13.7. The van der Waals surface area contributed by atoms with E-state index in [1.165, 1.54) is 13.2 Å². The van der Waals surface area contributed by atoms with Crippen molar-refractivity contribution in [2.75, 3.05) is 20.7 Å². The molecule has 21 heavy (non-hydrogen) atoms. The molecule has 0 N–H and O–H groups in total. The standard InChI is InChI=1S/C14H18N4O3/c1-17(14(19)11-7-13(20-2)16-21-11)8-10-3-4-12-15-5-6-18(12)9-10/h5-7,10H,3-4,8-9H2,1-2H3/t10-/m1/s1. The summed E-state index contributed by atoms with van der Waals surface area (Å²) in [6.07, 6.45) is 5.81. The molecule has 0 bridgehead atoms. The molecule has 3 rings (SSSR count). The molecule has 1 aliphatic rings. The maximum absolute atomic E-state index is 12.3. The predicted molar refractivity (Wildman–Crippen MR) is 74.1 cm³/mol. The van der Waals surface area contributed by atoms with Crippen LogP contribution in [-0.2, 0) is 13.0 Å². The molecule has 3 heterocycles. The van der Waals surface area contributed by atoms with Gasteiger partial charge in [-0.1, -0.05) is 0 Å². The van der Waals surface area contributed by atoms with E-state index in [0.717, 1.165) is 25.2 Å². The van der Waals surface area contributed by atoms with Crippen LogP contribution in [-0.4, -0.2) is 46.2 Å². The van der Waals surface area contributed by atoms with E-state index >= 15 is 0 Å². The number of aryl methyl sites for hydroxylation is 1. The zero-order chi connectivity index (χ0) is 14.8. The van der Waals surface area contributed by atoms with Gasteiger partial charge >= 0.3 is 0 Å². The van der Waals surface area contributed by atoms with Crippen molar-refractivity contribution in [2.24, 2.45) is 5.92 Å². The van der Waals surface area contributed by atoms with Gasteiger partial charge in [0.15, 0.2) is 0 Å². The van der Waals surface area contributed by atoms with Crippen LogP contribution in [0.3, 0.4) is 0 Å². The highest BCUT2D eigenvalue weighted by molar-refractivity contribution is 5.91. The summed E-state index contributed by atoms with van der Waals surface area (Å²) in [5, 5.41) is 3.65. The third-order valence-corrected chi connectivity index (χ3v) is 3.82. The molecule has 2 aromatic rings. The number of fused-ring (bicyclic) bond motifs is 1. The Morgan fingerprint density at radius 2 is 2.48 bits per heavy atom. The molecule has 1 atom stereocenters. The van der Waals surface area contributed by atoms with E-state index in [0.29, 0.717) is 18.3 Å². The minimum Gasteiger partial charge on any atom is -0.479 e. The number of carbonyl (C=O) groups is 1. The van der Waals surface area contributed by atoms with Gasteiger partial charge in [0.1, 0.15) is 5.82 Å². The Hall–Kier alpha value is -2.31. The fourth-order valence-electron chi connectivity index (χ4n) is 2.70. The summed E-state index contributed by atoms with van der Waals surface area (Å²) in [6.45, 7) is 1.58. The van der Waals surface area contributed by atoms with Crippen molar-refractivity contribution in [3.05, 3.63) is 30.0 Å². The Balaban J connectivity index is 1.61. The van der Waals surface area contributed by atoms with Crippen LogP contribution in [0, 0.1) is 5.92 Å². The van der Waals surface area contributed by atoms with Crippen LogP contribution in [0.1, 0.15) is 22.8 Å². The number of rotatable bonds is 4. The van der Waals surface area contributed by atoms with Crippen molar-refractivity contribution in [1.29, 1.82) is 0 Å². The van der Waals surface area contributed by atoms with E-state index in [-0.39, 0.29) is 11.7 Å². The van der Waals surface area contributed by atoms with E-state index in [1.54, 1.807) is 11.9 Å². The smallest absolute Gasteiger partial charge is 0.292 e. The highest BCUT2D eigenvalue weighted by atomic mass is 16.5. The van der Waals surface area contributed by atoms with E-state index in [9.17, 15) is 4.79 Å². The minimum absolute atomic E-state index is 0.178. The maximum Gasteiger partial charge on any atom is 0.292 e. The number of amides is 1. The van der Waals surface area contributed by atoms with Crippen molar-refractivity contribution in [1.82, 2.24) is 19.6 Å². The Morgan fingerprint density at radius 1 is 1.62 bits per heavy atom. The second kappa shape index (κ2) is 5.59. The van der Waals surface area contributed by atoms with E-state index < -0.39 is 0 Å². The summed E-state index contributed by atoms with van der Waals surface area (Å²) in [5.74, 6) is 1.88. The lowest BCUT2D eigenvalue weighted by Crippen LogP contribution is -2.35. The average Bonchev–Trinajstić information content (AvgIpc) is 3.14. The number of methoxy groups -OCH3 is 1. The lowest BCUT2D eigenvalue weighted by atomic mass is 9.99. The van der Waals surface area contributed by atoms with Gasteiger partial charge in [-0.2, -0.15) is 0 Å². The van der Waals surface area contributed by atoms with Gasteiger partial charge in [0.25, 0.3) is 11.8 Å².